The molecular weight excluding hydrogens is 302 g/mol. The van der Waals surface area contributed by atoms with Gasteiger partial charge in [-0.3, -0.25) is 19.3 Å². The van der Waals surface area contributed by atoms with E-state index in [0.29, 0.717) is 5.75 Å². The van der Waals surface area contributed by atoms with Gasteiger partial charge in [0.05, 0.1) is 12.0 Å². The zero-order valence-electron chi connectivity index (χ0n) is 12.0. The van der Waals surface area contributed by atoms with E-state index in [1.54, 1.807) is 42.5 Å². The third kappa shape index (κ3) is 2.57. The molecule has 8 nitrogen and oxygen atoms in total. The van der Waals surface area contributed by atoms with E-state index in [0.717, 1.165) is 4.40 Å². The van der Waals surface area contributed by atoms with Crippen LogP contribution in [0.15, 0.2) is 53.5 Å². The lowest BCUT2D eigenvalue weighted by Gasteiger charge is -2.10. The van der Waals surface area contributed by atoms with Gasteiger partial charge in [-0.05, 0) is 24.3 Å². The van der Waals surface area contributed by atoms with Crippen LogP contribution < -0.4 is 15.0 Å². The fraction of sp³-hybridized carbons (Fsp3) is 0.0667. The Hall–Kier alpha value is -3.42. The van der Waals surface area contributed by atoms with Gasteiger partial charge in [-0.1, -0.05) is 18.2 Å². The highest BCUT2D eigenvalue weighted by atomic mass is 16.6. The third-order valence-electron chi connectivity index (χ3n) is 3.14. The van der Waals surface area contributed by atoms with Crippen molar-refractivity contribution >= 4 is 11.3 Å². The second kappa shape index (κ2) is 5.76. The van der Waals surface area contributed by atoms with E-state index in [9.17, 15) is 14.9 Å². The predicted octanol–water partition coefficient (Wildman–Crippen LogP) is 2.40. The van der Waals surface area contributed by atoms with Crippen LogP contribution in [0.2, 0.25) is 0 Å². The molecule has 2 heterocycles. The van der Waals surface area contributed by atoms with E-state index in [1.165, 1.54) is 13.3 Å². The second-order valence-electron chi connectivity index (χ2n) is 4.51. The van der Waals surface area contributed by atoms with Crippen LogP contribution in [0.1, 0.15) is 0 Å². The molecule has 0 radical (unpaired) electrons. The van der Waals surface area contributed by atoms with Crippen LogP contribution in [0.5, 0.6) is 17.4 Å². The molecule has 3 aromatic rings. The molecule has 0 aliphatic rings. The van der Waals surface area contributed by atoms with Gasteiger partial charge in [0.25, 0.3) is 0 Å². The maximum Gasteiger partial charge on any atom is 0.396 e. The van der Waals surface area contributed by atoms with Crippen LogP contribution in [0.3, 0.4) is 0 Å². The smallest absolute Gasteiger partial charge is 0.396 e. The SMILES string of the molecule is COc1ccccc1Oc1nc2ccccn2c(=O)c1[N+](=O)[O-]. The maximum atomic E-state index is 12.3. The van der Waals surface area contributed by atoms with Crippen LogP contribution in [0.4, 0.5) is 5.69 Å². The molecule has 0 unspecified atom stereocenters. The summed E-state index contributed by atoms with van der Waals surface area (Å²) in [6.07, 6.45) is 1.41. The highest BCUT2D eigenvalue weighted by molar-refractivity contribution is 5.51. The largest absolute Gasteiger partial charge is 0.493 e. The molecule has 0 bridgehead atoms. The number of hydrogen-bond acceptors (Lipinski definition) is 6. The standard InChI is InChI=1S/C15H11N3O5/c1-22-10-6-2-3-7-11(10)23-14-13(18(20)21)15(19)17-9-5-4-8-12(17)16-14/h2-9H,1H3. The van der Waals surface area contributed by atoms with Crippen molar-refractivity contribution in [1.82, 2.24) is 9.38 Å². The topological polar surface area (TPSA) is 96.0 Å². The van der Waals surface area contributed by atoms with Gasteiger partial charge in [-0.25, -0.2) is 0 Å². The number of para-hydroxylation sites is 2. The summed E-state index contributed by atoms with van der Waals surface area (Å²) in [5, 5.41) is 11.3. The molecule has 8 heteroatoms. The minimum Gasteiger partial charge on any atom is -0.493 e. The summed E-state index contributed by atoms with van der Waals surface area (Å²) in [5.41, 5.74) is -1.31. The van der Waals surface area contributed by atoms with Crippen molar-refractivity contribution in [1.29, 1.82) is 0 Å². The number of pyridine rings is 1. The van der Waals surface area contributed by atoms with Gasteiger partial charge in [-0.2, -0.15) is 4.98 Å². The van der Waals surface area contributed by atoms with Crippen LogP contribution in [0, 0.1) is 10.1 Å². The molecule has 0 spiro atoms. The van der Waals surface area contributed by atoms with Crippen LogP contribution in [0.25, 0.3) is 5.65 Å². The molecule has 1 aromatic carbocycles. The van der Waals surface area contributed by atoms with Crippen molar-refractivity contribution in [3.8, 4) is 17.4 Å². The summed E-state index contributed by atoms with van der Waals surface area (Å²) in [6, 6.07) is 11.4. The van der Waals surface area contributed by atoms with Gasteiger partial charge in [0, 0.05) is 6.20 Å². The Morgan fingerprint density at radius 3 is 2.52 bits per heavy atom. The number of aromatic nitrogens is 2. The maximum absolute atomic E-state index is 12.3. The molecule has 116 valence electrons. The van der Waals surface area contributed by atoms with Gasteiger partial charge in [-0.15, -0.1) is 0 Å². The van der Waals surface area contributed by atoms with Crippen molar-refractivity contribution in [3.05, 3.63) is 69.1 Å². The van der Waals surface area contributed by atoms with Crippen LogP contribution in [-0.4, -0.2) is 21.4 Å². The number of nitrogens with zero attached hydrogens (tertiary/aromatic N) is 3. The summed E-state index contributed by atoms with van der Waals surface area (Å²) in [6.45, 7) is 0. The molecule has 0 N–H and O–H groups in total. The van der Waals surface area contributed by atoms with Gasteiger partial charge in [0.1, 0.15) is 5.65 Å². The van der Waals surface area contributed by atoms with E-state index in [4.69, 9.17) is 9.47 Å². The summed E-state index contributed by atoms with van der Waals surface area (Å²) in [7, 11) is 1.44. The molecule has 0 saturated carbocycles. The second-order valence-corrected chi connectivity index (χ2v) is 4.51. The highest BCUT2D eigenvalue weighted by Gasteiger charge is 2.26. The Kier molecular flexibility index (Phi) is 3.63. The Labute approximate surface area is 129 Å². The normalized spacial score (nSPS) is 10.5. The van der Waals surface area contributed by atoms with Crippen molar-refractivity contribution in [3.63, 3.8) is 0 Å². The Morgan fingerprint density at radius 2 is 1.83 bits per heavy atom. The molecule has 23 heavy (non-hydrogen) atoms. The number of hydrogen-bond donors (Lipinski definition) is 0. The summed E-state index contributed by atoms with van der Waals surface area (Å²) in [5.74, 6) is 0.220. The van der Waals surface area contributed by atoms with Crippen LogP contribution >= 0.6 is 0 Å². The van der Waals surface area contributed by atoms with Crippen LogP contribution in [-0.2, 0) is 0 Å². The van der Waals surface area contributed by atoms with E-state index in [-0.39, 0.29) is 17.3 Å². The molecule has 0 aliphatic carbocycles. The first-order chi connectivity index (χ1) is 11.1. The fourth-order valence-electron chi connectivity index (χ4n) is 2.09. The van der Waals surface area contributed by atoms with E-state index in [1.807, 2.05) is 0 Å². The first-order valence-corrected chi connectivity index (χ1v) is 6.58. The summed E-state index contributed by atoms with van der Waals surface area (Å²) in [4.78, 5) is 26.8. The summed E-state index contributed by atoms with van der Waals surface area (Å²) >= 11 is 0. The van der Waals surface area contributed by atoms with Crippen molar-refractivity contribution in [2.75, 3.05) is 7.11 Å². The van der Waals surface area contributed by atoms with E-state index in [2.05, 4.69) is 4.98 Å². The number of fused-ring (bicyclic) bond motifs is 1. The lowest BCUT2D eigenvalue weighted by atomic mass is 10.3. The Bertz CT molecular complexity index is 951. The number of ether oxygens (including phenoxy) is 2. The molecule has 3 rings (SSSR count). The number of benzene rings is 1. The number of nitro groups is 1. The predicted molar refractivity (Wildman–Crippen MR) is 81.2 cm³/mol. The minimum absolute atomic E-state index is 0.227. The highest BCUT2D eigenvalue weighted by Crippen LogP contribution is 2.33. The lowest BCUT2D eigenvalue weighted by Crippen LogP contribution is -2.19. The fourth-order valence-corrected chi connectivity index (χ4v) is 2.09. The third-order valence-corrected chi connectivity index (χ3v) is 3.14. The van der Waals surface area contributed by atoms with Gasteiger partial charge < -0.3 is 9.47 Å². The Morgan fingerprint density at radius 1 is 1.13 bits per heavy atom. The molecular formula is C15H11N3O5. The van der Waals surface area contributed by atoms with Crippen molar-refractivity contribution in [2.45, 2.75) is 0 Å². The molecule has 0 saturated heterocycles. The van der Waals surface area contributed by atoms with Crippen molar-refractivity contribution < 1.29 is 14.4 Å². The van der Waals surface area contributed by atoms with Gasteiger partial charge >= 0.3 is 17.1 Å². The average Bonchev–Trinajstić information content (AvgIpc) is 2.55. The molecule has 0 fully saturated rings. The first-order valence-electron chi connectivity index (χ1n) is 6.58. The van der Waals surface area contributed by atoms with Gasteiger partial charge in [0.2, 0.25) is 0 Å². The van der Waals surface area contributed by atoms with E-state index >= 15 is 0 Å². The van der Waals surface area contributed by atoms with E-state index < -0.39 is 16.2 Å². The van der Waals surface area contributed by atoms with Gasteiger partial charge in [0.15, 0.2) is 11.5 Å². The molecule has 0 atom stereocenters. The lowest BCUT2D eigenvalue weighted by molar-refractivity contribution is -0.387. The zero-order valence-corrected chi connectivity index (χ0v) is 12.0. The Balaban J connectivity index is 2.22. The molecule has 0 amide bonds. The molecule has 0 aliphatic heterocycles. The molecule has 2 aromatic heterocycles. The average molecular weight is 313 g/mol. The summed E-state index contributed by atoms with van der Waals surface area (Å²) < 4.78 is 11.7. The minimum atomic E-state index is -0.814. The van der Waals surface area contributed by atoms with Crippen molar-refractivity contribution in [2.24, 2.45) is 0 Å². The monoisotopic (exact) mass is 313 g/mol. The number of methoxy groups -OCH3 is 1. The zero-order chi connectivity index (χ0) is 16.4. The number of rotatable bonds is 4. The first kappa shape index (κ1) is 14.5. The quantitative estimate of drug-likeness (QED) is 0.542.